The van der Waals surface area contributed by atoms with Crippen LogP contribution in [-0.2, 0) is 0 Å². The summed E-state index contributed by atoms with van der Waals surface area (Å²) >= 11 is 2.06. The van der Waals surface area contributed by atoms with Crippen LogP contribution in [0.4, 0.5) is 0 Å². The van der Waals surface area contributed by atoms with E-state index in [9.17, 15) is 0 Å². The van der Waals surface area contributed by atoms with E-state index in [4.69, 9.17) is 0 Å². The maximum absolute atomic E-state index is 3.90. The Morgan fingerprint density at radius 2 is 1.60 bits per heavy atom. The molecule has 1 aromatic carbocycles. The molecule has 2 fully saturated rings. The van der Waals surface area contributed by atoms with E-state index < -0.39 is 0 Å². The normalized spacial score (nSPS) is 33.7. The molecule has 2 aliphatic carbocycles. The smallest absolute Gasteiger partial charge is 0.00813 e. The van der Waals surface area contributed by atoms with Gasteiger partial charge in [0.15, 0.2) is 0 Å². The fourth-order valence-corrected chi connectivity index (χ4v) is 4.41. The first-order chi connectivity index (χ1) is 9.74. The molecule has 0 unspecified atom stereocenters. The van der Waals surface area contributed by atoms with Gasteiger partial charge in [0.1, 0.15) is 0 Å². The summed E-state index contributed by atoms with van der Waals surface area (Å²) in [7, 11) is 0. The van der Waals surface area contributed by atoms with Crippen molar-refractivity contribution in [2.24, 2.45) is 0 Å². The Labute approximate surface area is 127 Å². The van der Waals surface area contributed by atoms with Crippen LogP contribution in [0.1, 0.15) is 55.6 Å². The summed E-state index contributed by atoms with van der Waals surface area (Å²) in [6.07, 6.45) is 10.5. The predicted octanol–water partition coefficient (Wildman–Crippen LogP) is 4.50. The van der Waals surface area contributed by atoms with Crippen LogP contribution in [0.5, 0.6) is 0 Å². The van der Waals surface area contributed by atoms with Crippen molar-refractivity contribution < 1.29 is 0 Å². The number of hydrogen-bond acceptors (Lipinski definition) is 2. The summed E-state index contributed by atoms with van der Waals surface area (Å²) in [4.78, 5) is 0. The minimum absolute atomic E-state index is 0.775. The molecule has 0 radical (unpaired) electrons. The molecule has 3 rings (SSSR count). The Morgan fingerprint density at radius 3 is 2.20 bits per heavy atom. The SMILES string of the molecule is CSC1CCC(NC2CC(c3ccc(C)cc3)C2)CC1. The average Bonchev–Trinajstić information content (AvgIpc) is 2.44. The Kier molecular flexibility index (Phi) is 4.72. The molecule has 2 saturated carbocycles. The Hall–Kier alpha value is -0.470. The maximum Gasteiger partial charge on any atom is 0.00813 e. The van der Waals surface area contributed by atoms with Crippen molar-refractivity contribution in [3.05, 3.63) is 35.4 Å². The van der Waals surface area contributed by atoms with Crippen molar-refractivity contribution in [2.75, 3.05) is 6.26 Å². The molecule has 2 heteroatoms. The van der Waals surface area contributed by atoms with E-state index in [0.717, 1.165) is 23.3 Å². The minimum atomic E-state index is 0.775. The van der Waals surface area contributed by atoms with Gasteiger partial charge in [-0.05, 0) is 63.2 Å². The van der Waals surface area contributed by atoms with Gasteiger partial charge in [-0.2, -0.15) is 11.8 Å². The van der Waals surface area contributed by atoms with Crippen molar-refractivity contribution in [2.45, 2.75) is 68.7 Å². The standard InChI is InChI=1S/C18H27NS/c1-13-3-5-14(6-4-13)15-11-17(12-15)19-16-7-9-18(20-2)10-8-16/h3-6,15-19H,7-12H2,1-2H3. The van der Waals surface area contributed by atoms with Crippen LogP contribution in [0.3, 0.4) is 0 Å². The molecule has 0 heterocycles. The molecular weight excluding hydrogens is 262 g/mol. The molecule has 20 heavy (non-hydrogen) atoms. The molecule has 0 bridgehead atoms. The zero-order chi connectivity index (χ0) is 13.9. The second kappa shape index (κ2) is 6.53. The average molecular weight is 289 g/mol. The van der Waals surface area contributed by atoms with Crippen molar-refractivity contribution in [1.29, 1.82) is 0 Å². The monoisotopic (exact) mass is 289 g/mol. The first kappa shape index (κ1) is 14.5. The lowest BCUT2D eigenvalue weighted by atomic mass is 9.75. The van der Waals surface area contributed by atoms with Crippen molar-refractivity contribution >= 4 is 11.8 Å². The van der Waals surface area contributed by atoms with Crippen molar-refractivity contribution in [3.63, 3.8) is 0 Å². The van der Waals surface area contributed by atoms with E-state index in [1.165, 1.54) is 44.1 Å². The Balaban J connectivity index is 1.41. The van der Waals surface area contributed by atoms with Gasteiger partial charge < -0.3 is 5.32 Å². The number of nitrogens with one attached hydrogen (secondary N) is 1. The number of aryl methyl sites for hydroxylation is 1. The van der Waals surface area contributed by atoms with Crippen LogP contribution in [0.25, 0.3) is 0 Å². The molecule has 2 aliphatic rings. The van der Waals surface area contributed by atoms with Crippen LogP contribution in [0.15, 0.2) is 24.3 Å². The molecule has 0 spiro atoms. The van der Waals surface area contributed by atoms with Gasteiger partial charge in [-0.3, -0.25) is 0 Å². The van der Waals surface area contributed by atoms with Gasteiger partial charge in [-0.1, -0.05) is 29.8 Å². The molecule has 0 aromatic heterocycles. The second-order valence-corrected chi connectivity index (χ2v) is 7.79. The van der Waals surface area contributed by atoms with E-state index in [1.54, 1.807) is 5.56 Å². The topological polar surface area (TPSA) is 12.0 Å². The van der Waals surface area contributed by atoms with Gasteiger partial charge in [-0.15, -0.1) is 0 Å². The van der Waals surface area contributed by atoms with E-state index in [-0.39, 0.29) is 0 Å². The Bertz CT molecular complexity index is 414. The first-order valence-electron chi connectivity index (χ1n) is 8.10. The molecule has 1 nitrogen and oxygen atoms in total. The van der Waals surface area contributed by atoms with Crippen LogP contribution in [0, 0.1) is 6.92 Å². The van der Waals surface area contributed by atoms with Gasteiger partial charge >= 0.3 is 0 Å². The van der Waals surface area contributed by atoms with E-state index in [1.807, 2.05) is 0 Å². The zero-order valence-electron chi connectivity index (χ0n) is 12.8. The predicted molar refractivity (Wildman–Crippen MR) is 89.6 cm³/mol. The summed E-state index contributed by atoms with van der Waals surface area (Å²) in [5, 5.41) is 4.83. The van der Waals surface area contributed by atoms with Gasteiger partial charge in [-0.25, -0.2) is 0 Å². The lowest BCUT2D eigenvalue weighted by Gasteiger charge is -2.40. The molecule has 1 N–H and O–H groups in total. The molecule has 0 atom stereocenters. The van der Waals surface area contributed by atoms with Crippen LogP contribution in [0.2, 0.25) is 0 Å². The lowest BCUT2D eigenvalue weighted by Crippen LogP contribution is -2.46. The number of thioether (sulfide) groups is 1. The summed E-state index contributed by atoms with van der Waals surface area (Å²) in [5.41, 5.74) is 2.91. The molecule has 0 aliphatic heterocycles. The van der Waals surface area contributed by atoms with Crippen LogP contribution >= 0.6 is 11.8 Å². The lowest BCUT2D eigenvalue weighted by molar-refractivity contribution is 0.240. The number of rotatable bonds is 4. The van der Waals surface area contributed by atoms with Crippen molar-refractivity contribution in [1.82, 2.24) is 5.32 Å². The third-order valence-corrected chi connectivity index (χ3v) is 6.30. The highest BCUT2D eigenvalue weighted by atomic mass is 32.2. The highest BCUT2D eigenvalue weighted by Crippen LogP contribution is 2.38. The summed E-state index contributed by atoms with van der Waals surface area (Å²) in [6, 6.07) is 10.7. The number of hydrogen-bond donors (Lipinski definition) is 1. The van der Waals surface area contributed by atoms with Gasteiger partial charge in [0.2, 0.25) is 0 Å². The Morgan fingerprint density at radius 1 is 0.950 bits per heavy atom. The minimum Gasteiger partial charge on any atom is -0.311 e. The summed E-state index contributed by atoms with van der Waals surface area (Å²) in [6.45, 7) is 2.17. The highest BCUT2D eigenvalue weighted by Gasteiger charge is 2.32. The fraction of sp³-hybridized carbons (Fsp3) is 0.667. The van der Waals surface area contributed by atoms with E-state index in [0.29, 0.717) is 0 Å². The third-order valence-electron chi connectivity index (χ3n) is 5.17. The summed E-state index contributed by atoms with van der Waals surface area (Å²) < 4.78 is 0. The highest BCUT2D eigenvalue weighted by molar-refractivity contribution is 7.99. The van der Waals surface area contributed by atoms with E-state index in [2.05, 4.69) is 54.5 Å². The molecule has 1 aromatic rings. The van der Waals surface area contributed by atoms with Gasteiger partial charge in [0.25, 0.3) is 0 Å². The summed E-state index contributed by atoms with van der Waals surface area (Å²) in [5.74, 6) is 0.802. The zero-order valence-corrected chi connectivity index (χ0v) is 13.6. The molecule has 110 valence electrons. The van der Waals surface area contributed by atoms with Gasteiger partial charge in [0, 0.05) is 17.3 Å². The quantitative estimate of drug-likeness (QED) is 0.875. The third kappa shape index (κ3) is 3.40. The largest absolute Gasteiger partial charge is 0.311 e. The molecule has 0 amide bonds. The van der Waals surface area contributed by atoms with E-state index >= 15 is 0 Å². The second-order valence-electron chi connectivity index (χ2n) is 6.65. The molecular formula is C18H27NS. The number of benzene rings is 1. The first-order valence-corrected chi connectivity index (χ1v) is 9.39. The van der Waals surface area contributed by atoms with Crippen LogP contribution < -0.4 is 5.32 Å². The molecule has 0 saturated heterocycles. The fourth-order valence-electron chi connectivity index (χ4n) is 3.66. The maximum atomic E-state index is 3.90. The van der Waals surface area contributed by atoms with Crippen LogP contribution in [-0.4, -0.2) is 23.6 Å². The van der Waals surface area contributed by atoms with Gasteiger partial charge in [0.05, 0.1) is 0 Å². The van der Waals surface area contributed by atoms with Crippen molar-refractivity contribution in [3.8, 4) is 0 Å².